The Labute approximate surface area is 239 Å². The molecule has 2 unspecified atom stereocenters. The number of carboxylic acids is 1. The third-order valence-electron chi connectivity index (χ3n) is 7.59. The van der Waals surface area contributed by atoms with Crippen LogP contribution in [-0.4, -0.2) is 57.6 Å². The van der Waals surface area contributed by atoms with Gasteiger partial charge in [-0.15, -0.1) is 10.2 Å². The first-order valence-corrected chi connectivity index (χ1v) is 14.0. The van der Waals surface area contributed by atoms with E-state index in [0.29, 0.717) is 29.0 Å². The molecule has 2 aromatic heterocycles. The lowest BCUT2D eigenvalue weighted by atomic mass is 9.88. The SMILES string of the molecule is COC(C)Oc1nnc(OC(C)OC)c2c1nc(C1CCCCC1)n2Cc1ccc(-c2ccccc2C(=O)O)cc1. The zero-order valence-corrected chi connectivity index (χ0v) is 23.9. The average molecular weight is 561 g/mol. The Bertz CT molecular complexity index is 1500. The molecule has 0 spiro atoms. The molecule has 2 aromatic carbocycles. The molecule has 1 aliphatic carbocycles. The second-order valence-electron chi connectivity index (χ2n) is 10.3. The number of nitrogens with zero attached hydrogens (tertiary/aromatic N) is 4. The summed E-state index contributed by atoms with van der Waals surface area (Å²) < 4.78 is 24.9. The van der Waals surface area contributed by atoms with Crippen LogP contribution in [0.4, 0.5) is 0 Å². The second-order valence-corrected chi connectivity index (χ2v) is 10.3. The second kappa shape index (κ2) is 12.7. The number of aromatic carboxylic acids is 1. The Morgan fingerprint density at radius 2 is 1.56 bits per heavy atom. The molecule has 0 radical (unpaired) electrons. The van der Waals surface area contributed by atoms with Gasteiger partial charge in [0.15, 0.2) is 18.1 Å². The molecule has 1 aliphatic rings. The van der Waals surface area contributed by atoms with Crippen LogP contribution in [0.1, 0.15) is 73.6 Å². The summed E-state index contributed by atoms with van der Waals surface area (Å²) in [6.07, 6.45) is 4.52. The Morgan fingerprint density at radius 3 is 2.22 bits per heavy atom. The van der Waals surface area contributed by atoms with E-state index >= 15 is 0 Å². The summed E-state index contributed by atoms with van der Waals surface area (Å²) >= 11 is 0. The monoisotopic (exact) mass is 560 g/mol. The number of imidazole rings is 1. The van der Waals surface area contributed by atoms with E-state index in [2.05, 4.69) is 14.8 Å². The van der Waals surface area contributed by atoms with Gasteiger partial charge in [-0.2, -0.15) is 0 Å². The Balaban J connectivity index is 1.61. The zero-order chi connectivity index (χ0) is 28.9. The van der Waals surface area contributed by atoms with Crippen LogP contribution >= 0.6 is 0 Å². The number of ether oxygens (including phenoxy) is 4. The van der Waals surface area contributed by atoms with E-state index in [1.807, 2.05) is 36.4 Å². The maximum Gasteiger partial charge on any atom is 0.336 e. The molecule has 10 heteroatoms. The number of carbonyl (C=O) groups is 1. The van der Waals surface area contributed by atoms with Crippen LogP contribution in [-0.2, 0) is 16.0 Å². The molecule has 2 heterocycles. The normalized spacial score (nSPS) is 15.5. The van der Waals surface area contributed by atoms with Crippen LogP contribution in [0.5, 0.6) is 11.8 Å². The van der Waals surface area contributed by atoms with Gasteiger partial charge >= 0.3 is 5.97 Å². The van der Waals surface area contributed by atoms with Gasteiger partial charge in [-0.05, 0) is 49.4 Å². The quantitative estimate of drug-likeness (QED) is 0.219. The predicted molar refractivity (Wildman–Crippen MR) is 153 cm³/mol. The molecule has 2 atom stereocenters. The van der Waals surface area contributed by atoms with Crippen LogP contribution in [0.25, 0.3) is 22.2 Å². The lowest BCUT2D eigenvalue weighted by Gasteiger charge is -2.23. The maximum absolute atomic E-state index is 11.8. The summed E-state index contributed by atoms with van der Waals surface area (Å²) in [6, 6.07) is 15.0. The Hall–Kier alpha value is -4.02. The van der Waals surface area contributed by atoms with E-state index in [4.69, 9.17) is 23.9 Å². The van der Waals surface area contributed by atoms with Gasteiger partial charge in [0.05, 0.1) is 5.56 Å². The number of carboxylic acid groups (broad SMARTS) is 1. The largest absolute Gasteiger partial charge is 0.478 e. The number of hydrogen-bond acceptors (Lipinski definition) is 8. The first-order valence-electron chi connectivity index (χ1n) is 14.0. The molecule has 5 rings (SSSR count). The molecule has 4 aromatic rings. The third-order valence-corrected chi connectivity index (χ3v) is 7.59. The van der Waals surface area contributed by atoms with Gasteiger partial charge in [0.25, 0.3) is 11.8 Å². The fourth-order valence-electron chi connectivity index (χ4n) is 5.32. The Morgan fingerprint density at radius 1 is 0.927 bits per heavy atom. The average Bonchev–Trinajstić information content (AvgIpc) is 3.38. The van der Waals surface area contributed by atoms with Gasteiger partial charge in [0.2, 0.25) is 0 Å². The minimum atomic E-state index is -0.952. The van der Waals surface area contributed by atoms with Gasteiger partial charge in [0, 0.05) is 26.7 Å². The highest BCUT2D eigenvalue weighted by atomic mass is 16.7. The molecule has 41 heavy (non-hydrogen) atoms. The van der Waals surface area contributed by atoms with E-state index in [-0.39, 0.29) is 17.4 Å². The van der Waals surface area contributed by atoms with E-state index in [1.165, 1.54) is 6.42 Å². The third kappa shape index (κ3) is 6.18. The number of hydrogen-bond donors (Lipinski definition) is 1. The molecular weight excluding hydrogens is 524 g/mol. The van der Waals surface area contributed by atoms with Gasteiger partial charge in [-0.1, -0.05) is 61.7 Å². The number of fused-ring (bicyclic) bond motifs is 1. The summed E-state index contributed by atoms with van der Waals surface area (Å²) in [5, 5.41) is 18.3. The molecule has 1 fully saturated rings. The minimum Gasteiger partial charge on any atom is -0.478 e. The van der Waals surface area contributed by atoms with Gasteiger partial charge in [-0.25, -0.2) is 9.78 Å². The van der Waals surface area contributed by atoms with Crippen molar-refractivity contribution in [1.29, 1.82) is 0 Å². The zero-order valence-electron chi connectivity index (χ0n) is 23.9. The van der Waals surface area contributed by atoms with E-state index in [1.54, 1.807) is 40.2 Å². The number of rotatable bonds is 11. The lowest BCUT2D eigenvalue weighted by Crippen LogP contribution is -2.18. The lowest BCUT2D eigenvalue weighted by molar-refractivity contribution is -0.0445. The standard InChI is InChI=1S/C31H36N4O6/c1-19(38-3)40-29-26-27(30(34-33-29)41-20(2)39-4)35(28(32-26)23-10-6-5-7-11-23)18-21-14-16-22(17-15-21)24-12-8-9-13-25(24)31(36)37/h8-9,12-17,19-20,23H,5-7,10-11,18H2,1-4H3,(H,36,37). The van der Waals surface area contributed by atoms with E-state index in [0.717, 1.165) is 42.6 Å². The topological polar surface area (TPSA) is 118 Å². The van der Waals surface area contributed by atoms with E-state index < -0.39 is 18.5 Å². The van der Waals surface area contributed by atoms with Crippen molar-refractivity contribution in [2.24, 2.45) is 0 Å². The number of benzene rings is 2. The van der Waals surface area contributed by atoms with Crippen molar-refractivity contribution >= 4 is 17.0 Å². The van der Waals surface area contributed by atoms with Crippen molar-refractivity contribution in [2.75, 3.05) is 14.2 Å². The molecule has 0 aliphatic heterocycles. The first-order chi connectivity index (χ1) is 19.9. The molecule has 0 saturated heterocycles. The molecule has 1 N–H and O–H groups in total. The first kappa shape index (κ1) is 28.5. The minimum absolute atomic E-state index is 0.269. The highest BCUT2D eigenvalue weighted by Gasteiger charge is 2.28. The summed E-state index contributed by atoms with van der Waals surface area (Å²) in [6.45, 7) is 4.08. The summed E-state index contributed by atoms with van der Waals surface area (Å²) in [5.41, 5.74) is 4.05. The predicted octanol–water partition coefficient (Wildman–Crippen LogP) is 6.03. The van der Waals surface area contributed by atoms with E-state index in [9.17, 15) is 9.90 Å². The molecule has 0 amide bonds. The van der Waals surface area contributed by atoms with Crippen LogP contribution in [0.3, 0.4) is 0 Å². The van der Waals surface area contributed by atoms with Crippen molar-refractivity contribution in [1.82, 2.24) is 19.7 Å². The summed E-state index contributed by atoms with van der Waals surface area (Å²) in [7, 11) is 3.14. The van der Waals surface area contributed by atoms with Gasteiger partial charge in [0.1, 0.15) is 11.3 Å². The molecule has 0 bridgehead atoms. The maximum atomic E-state index is 11.8. The van der Waals surface area contributed by atoms with Crippen molar-refractivity contribution in [2.45, 2.75) is 71.0 Å². The van der Waals surface area contributed by atoms with Crippen molar-refractivity contribution in [3.63, 3.8) is 0 Å². The Kier molecular flexibility index (Phi) is 8.80. The molecule has 10 nitrogen and oxygen atoms in total. The number of methoxy groups -OCH3 is 2. The van der Waals surface area contributed by atoms with Crippen LogP contribution in [0, 0.1) is 0 Å². The van der Waals surface area contributed by atoms with Crippen LogP contribution < -0.4 is 9.47 Å². The molecule has 216 valence electrons. The van der Waals surface area contributed by atoms with Crippen LogP contribution in [0.2, 0.25) is 0 Å². The van der Waals surface area contributed by atoms with Gasteiger partial charge in [-0.3, -0.25) is 0 Å². The molecule has 1 saturated carbocycles. The summed E-state index contributed by atoms with van der Waals surface area (Å²) in [5.74, 6) is 0.862. The van der Waals surface area contributed by atoms with Crippen molar-refractivity contribution in [3.8, 4) is 22.9 Å². The number of aromatic nitrogens is 4. The van der Waals surface area contributed by atoms with Gasteiger partial charge < -0.3 is 28.6 Å². The molecular formula is C31H36N4O6. The summed E-state index contributed by atoms with van der Waals surface area (Å²) in [4.78, 5) is 16.9. The van der Waals surface area contributed by atoms with Crippen LogP contribution in [0.15, 0.2) is 48.5 Å². The smallest absolute Gasteiger partial charge is 0.336 e. The fourth-order valence-corrected chi connectivity index (χ4v) is 5.32. The highest BCUT2D eigenvalue weighted by molar-refractivity contribution is 5.96. The van der Waals surface area contributed by atoms with Crippen molar-refractivity contribution < 1.29 is 28.8 Å². The fraction of sp³-hybridized carbons (Fsp3) is 0.419. The van der Waals surface area contributed by atoms with Crippen molar-refractivity contribution in [3.05, 3.63) is 65.5 Å². The highest BCUT2D eigenvalue weighted by Crippen LogP contribution is 2.38.